The number of fused-ring (bicyclic) bond motifs is 1. The van der Waals surface area contributed by atoms with Gasteiger partial charge in [0.15, 0.2) is 0 Å². The van der Waals surface area contributed by atoms with Crippen LogP contribution in [-0.4, -0.2) is 28.4 Å². The number of hydrogen-bond donors (Lipinski definition) is 2. The van der Waals surface area contributed by atoms with Crippen LogP contribution in [0.5, 0.6) is 5.75 Å². The van der Waals surface area contributed by atoms with Crippen LogP contribution in [0.4, 0.5) is 0 Å². The van der Waals surface area contributed by atoms with Gasteiger partial charge in [0, 0.05) is 11.5 Å². The van der Waals surface area contributed by atoms with Gasteiger partial charge in [0.2, 0.25) is 0 Å². The molecule has 0 aliphatic heterocycles. The summed E-state index contributed by atoms with van der Waals surface area (Å²) in [5.74, 6) is -0.770. The fraction of sp³-hybridized carbons (Fsp3) is 0.273. The quantitative estimate of drug-likeness (QED) is 0.826. The topological polar surface area (TPSA) is 75.2 Å². The molecular weight excluding hydrogens is 208 g/mol. The van der Waals surface area contributed by atoms with Gasteiger partial charge in [-0.3, -0.25) is 9.89 Å². The van der Waals surface area contributed by atoms with Crippen molar-refractivity contribution in [1.82, 2.24) is 10.2 Å². The number of H-pyrrole nitrogens is 1. The smallest absolute Gasteiger partial charge is 0.312 e. The average Bonchev–Trinajstić information content (AvgIpc) is 2.70. The standard InChI is InChI=1S/C11H12N2O3/c1-6(11(14)15)10-8-4-3-7(16-2)5-9(8)12-13-10/h3-6H,1-2H3,(H,12,13)(H,14,15). The molecule has 0 spiro atoms. The van der Waals surface area contributed by atoms with Crippen molar-refractivity contribution in [3.63, 3.8) is 0 Å². The van der Waals surface area contributed by atoms with E-state index < -0.39 is 11.9 Å². The lowest BCUT2D eigenvalue weighted by Gasteiger charge is -2.03. The lowest BCUT2D eigenvalue weighted by atomic mass is 10.0. The van der Waals surface area contributed by atoms with Gasteiger partial charge in [-0.25, -0.2) is 0 Å². The molecule has 0 fully saturated rings. The normalized spacial score (nSPS) is 12.6. The molecule has 0 aliphatic carbocycles. The number of nitrogens with zero attached hydrogens (tertiary/aromatic N) is 1. The number of aromatic amines is 1. The SMILES string of the molecule is COc1ccc2c(C(C)C(=O)O)[nH]nc2c1. The second kappa shape index (κ2) is 3.84. The van der Waals surface area contributed by atoms with Gasteiger partial charge >= 0.3 is 5.97 Å². The van der Waals surface area contributed by atoms with Crippen LogP contribution < -0.4 is 4.74 Å². The van der Waals surface area contributed by atoms with Crippen LogP contribution in [-0.2, 0) is 4.79 Å². The van der Waals surface area contributed by atoms with Gasteiger partial charge in [-0.2, -0.15) is 5.10 Å². The first-order chi connectivity index (χ1) is 7.63. The van der Waals surface area contributed by atoms with Crippen molar-refractivity contribution in [2.75, 3.05) is 7.11 Å². The van der Waals surface area contributed by atoms with Crippen molar-refractivity contribution in [3.05, 3.63) is 23.9 Å². The van der Waals surface area contributed by atoms with Crippen molar-refractivity contribution < 1.29 is 14.6 Å². The Hall–Kier alpha value is -2.04. The maximum atomic E-state index is 10.9. The highest BCUT2D eigenvalue weighted by Gasteiger charge is 2.18. The first-order valence-corrected chi connectivity index (χ1v) is 4.88. The average molecular weight is 220 g/mol. The summed E-state index contributed by atoms with van der Waals surface area (Å²) < 4.78 is 5.07. The highest BCUT2D eigenvalue weighted by molar-refractivity contribution is 5.88. The van der Waals surface area contributed by atoms with Crippen LogP contribution >= 0.6 is 0 Å². The Kier molecular flexibility index (Phi) is 2.52. The Bertz CT molecular complexity index is 533. The zero-order valence-corrected chi connectivity index (χ0v) is 9.02. The second-order valence-corrected chi connectivity index (χ2v) is 3.58. The molecule has 0 saturated heterocycles. The van der Waals surface area contributed by atoms with E-state index in [-0.39, 0.29) is 0 Å². The van der Waals surface area contributed by atoms with E-state index in [1.807, 2.05) is 6.07 Å². The summed E-state index contributed by atoms with van der Waals surface area (Å²) in [6.45, 7) is 1.62. The summed E-state index contributed by atoms with van der Waals surface area (Å²) >= 11 is 0. The first-order valence-electron chi connectivity index (χ1n) is 4.88. The molecule has 16 heavy (non-hydrogen) atoms. The van der Waals surface area contributed by atoms with Crippen LogP contribution in [0.1, 0.15) is 18.5 Å². The molecule has 2 N–H and O–H groups in total. The van der Waals surface area contributed by atoms with E-state index in [1.165, 1.54) is 0 Å². The van der Waals surface area contributed by atoms with Crippen LogP contribution in [0.2, 0.25) is 0 Å². The number of nitrogens with one attached hydrogen (secondary N) is 1. The number of carboxylic acid groups (broad SMARTS) is 1. The molecule has 0 radical (unpaired) electrons. The van der Waals surface area contributed by atoms with Gasteiger partial charge < -0.3 is 9.84 Å². The molecule has 2 rings (SSSR count). The number of carbonyl (C=O) groups is 1. The second-order valence-electron chi connectivity index (χ2n) is 3.58. The molecule has 1 aromatic carbocycles. The molecule has 0 aliphatic rings. The minimum Gasteiger partial charge on any atom is -0.497 e. The van der Waals surface area contributed by atoms with Crippen molar-refractivity contribution in [2.24, 2.45) is 0 Å². The third-order valence-corrected chi connectivity index (χ3v) is 2.60. The fourth-order valence-electron chi connectivity index (χ4n) is 1.59. The number of ether oxygens (including phenoxy) is 1. The molecule has 2 aromatic rings. The molecular formula is C11H12N2O3. The van der Waals surface area contributed by atoms with Crippen LogP contribution in [0.15, 0.2) is 18.2 Å². The molecule has 5 heteroatoms. The number of methoxy groups -OCH3 is 1. The van der Waals surface area contributed by atoms with Gasteiger partial charge in [0.25, 0.3) is 0 Å². The van der Waals surface area contributed by atoms with Crippen LogP contribution in [0.3, 0.4) is 0 Å². The highest BCUT2D eigenvalue weighted by atomic mass is 16.5. The minimum absolute atomic E-state index is 0.599. The van der Waals surface area contributed by atoms with E-state index in [1.54, 1.807) is 26.2 Å². The van der Waals surface area contributed by atoms with Crippen molar-refractivity contribution in [3.8, 4) is 5.75 Å². The molecule has 1 atom stereocenters. The van der Waals surface area contributed by atoms with E-state index in [2.05, 4.69) is 10.2 Å². The Morgan fingerprint density at radius 2 is 2.31 bits per heavy atom. The van der Waals surface area contributed by atoms with Gasteiger partial charge in [0.05, 0.1) is 24.2 Å². The van der Waals surface area contributed by atoms with E-state index in [9.17, 15) is 4.79 Å². The zero-order valence-electron chi connectivity index (χ0n) is 9.02. The largest absolute Gasteiger partial charge is 0.497 e. The predicted octanol–water partition coefficient (Wildman–Crippen LogP) is 1.76. The number of carboxylic acids is 1. The fourth-order valence-corrected chi connectivity index (χ4v) is 1.59. The van der Waals surface area contributed by atoms with Gasteiger partial charge in [-0.05, 0) is 19.1 Å². The van der Waals surface area contributed by atoms with E-state index >= 15 is 0 Å². The molecule has 5 nitrogen and oxygen atoms in total. The summed E-state index contributed by atoms with van der Waals surface area (Å²) in [6.07, 6.45) is 0. The summed E-state index contributed by atoms with van der Waals surface area (Å²) in [7, 11) is 1.58. The van der Waals surface area contributed by atoms with Gasteiger partial charge in [-0.1, -0.05) is 0 Å². The molecule has 84 valence electrons. The third-order valence-electron chi connectivity index (χ3n) is 2.60. The minimum atomic E-state index is -0.874. The number of benzene rings is 1. The van der Waals surface area contributed by atoms with Crippen molar-refractivity contribution >= 4 is 16.9 Å². The summed E-state index contributed by atoms with van der Waals surface area (Å²) in [4.78, 5) is 10.9. The molecule has 0 saturated carbocycles. The number of hydrogen-bond acceptors (Lipinski definition) is 3. The highest BCUT2D eigenvalue weighted by Crippen LogP contribution is 2.26. The number of aromatic nitrogens is 2. The predicted molar refractivity (Wildman–Crippen MR) is 58.7 cm³/mol. The maximum absolute atomic E-state index is 10.9. The molecule has 0 bridgehead atoms. The molecule has 1 heterocycles. The first kappa shape index (κ1) is 10.5. The van der Waals surface area contributed by atoms with Crippen LogP contribution in [0, 0.1) is 0 Å². The van der Waals surface area contributed by atoms with E-state index in [0.29, 0.717) is 17.0 Å². The maximum Gasteiger partial charge on any atom is 0.312 e. The summed E-state index contributed by atoms with van der Waals surface area (Å²) in [6, 6.07) is 5.37. The Balaban J connectivity index is 2.53. The Morgan fingerprint density at radius 1 is 1.56 bits per heavy atom. The molecule has 1 unspecified atom stereocenters. The van der Waals surface area contributed by atoms with E-state index in [4.69, 9.17) is 9.84 Å². The van der Waals surface area contributed by atoms with Gasteiger partial charge in [0.1, 0.15) is 5.75 Å². The third kappa shape index (κ3) is 1.60. The summed E-state index contributed by atoms with van der Waals surface area (Å²) in [5.41, 5.74) is 1.33. The summed E-state index contributed by atoms with van der Waals surface area (Å²) in [5, 5.41) is 16.6. The number of rotatable bonds is 3. The van der Waals surface area contributed by atoms with Gasteiger partial charge in [-0.15, -0.1) is 0 Å². The zero-order chi connectivity index (χ0) is 11.7. The van der Waals surface area contributed by atoms with Crippen LogP contribution in [0.25, 0.3) is 10.9 Å². The van der Waals surface area contributed by atoms with Crippen molar-refractivity contribution in [1.29, 1.82) is 0 Å². The Morgan fingerprint density at radius 3 is 2.94 bits per heavy atom. The Labute approximate surface area is 92.0 Å². The van der Waals surface area contributed by atoms with Crippen molar-refractivity contribution in [2.45, 2.75) is 12.8 Å². The monoisotopic (exact) mass is 220 g/mol. The molecule has 0 amide bonds. The molecule has 1 aromatic heterocycles. The number of aliphatic carboxylic acids is 1. The van der Waals surface area contributed by atoms with E-state index in [0.717, 1.165) is 5.39 Å². The lowest BCUT2D eigenvalue weighted by molar-refractivity contribution is -0.138. The lowest BCUT2D eigenvalue weighted by Crippen LogP contribution is -2.08.